The molecule has 0 spiro atoms. The van der Waals surface area contributed by atoms with Gasteiger partial charge >= 0.3 is 6.03 Å². The van der Waals surface area contributed by atoms with Gasteiger partial charge in [-0.05, 0) is 25.1 Å². The van der Waals surface area contributed by atoms with Crippen molar-refractivity contribution < 1.29 is 14.3 Å². The number of benzene rings is 1. The highest BCUT2D eigenvalue weighted by atomic mass is 16.5. The number of piperazine rings is 1. The minimum atomic E-state index is -0.665. The molecule has 1 saturated heterocycles. The number of carbonyl (C=O) groups is 2. The Morgan fingerprint density at radius 1 is 1.07 bits per heavy atom. The van der Waals surface area contributed by atoms with Crippen molar-refractivity contribution in [3.8, 4) is 5.88 Å². The maximum absolute atomic E-state index is 12.5. The Labute approximate surface area is 164 Å². The van der Waals surface area contributed by atoms with Gasteiger partial charge in [0.05, 0.1) is 19.0 Å². The number of urea groups is 1. The Morgan fingerprint density at radius 2 is 1.79 bits per heavy atom. The molecule has 1 aliphatic rings. The van der Waals surface area contributed by atoms with E-state index < -0.39 is 6.04 Å². The van der Waals surface area contributed by atoms with E-state index in [0.717, 1.165) is 18.8 Å². The van der Waals surface area contributed by atoms with Crippen molar-refractivity contribution >= 4 is 23.3 Å². The molecule has 0 bridgehead atoms. The number of hydrogen-bond acceptors (Lipinski definition) is 5. The summed E-state index contributed by atoms with van der Waals surface area (Å²) < 4.78 is 4.99. The van der Waals surface area contributed by atoms with E-state index in [1.807, 2.05) is 18.2 Å². The summed E-state index contributed by atoms with van der Waals surface area (Å²) >= 11 is 0. The van der Waals surface area contributed by atoms with Crippen molar-refractivity contribution in [3.63, 3.8) is 0 Å². The summed E-state index contributed by atoms with van der Waals surface area (Å²) in [5.41, 5.74) is 1.70. The van der Waals surface area contributed by atoms with Gasteiger partial charge in [-0.3, -0.25) is 4.79 Å². The van der Waals surface area contributed by atoms with Gasteiger partial charge in [0.2, 0.25) is 11.8 Å². The van der Waals surface area contributed by atoms with Crippen LogP contribution in [0.3, 0.4) is 0 Å². The van der Waals surface area contributed by atoms with Crippen molar-refractivity contribution in [2.24, 2.45) is 0 Å². The first kappa shape index (κ1) is 19.5. The molecule has 1 aromatic heterocycles. The molecular formula is C20H25N5O3. The minimum absolute atomic E-state index is 0.233. The Bertz CT molecular complexity index is 789. The maximum atomic E-state index is 12.5. The summed E-state index contributed by atoms with van der Waals surface area (Å²) in [6.07, 6.45) is 1.51. The first-order chi connectivity index (χ1) is 13.6. The number of para-hydroxylation sites is 1. The third-order valence-electron chi connectivity index (χ3n) is 4.63. The lowest BCUT2D eigenvalue weighted by atomic mass is 10.2. The molecule has 1 aromatic carbocycles. The van der Waals surface area contributed by atoms with Gasteiger partial charge in [0.1, 0.15) is 6.04 Å². The van der Waals surface area contributed by atoms with Crippen molar-refractivity contribution in [1.82, 2.24) is 15.2 Å². The van der Waals surface area contributed by atoms with Gasteiger partial charge in [-0.25, -0.2) is 9.78 Å². The molecular weight excluding hydrogens is 358 g/mol. The Morgan fingerprint density at radius 3 is 2.39 bits per heavy atom. The quantitative estimate of drug-likeness (QED) is 0.824. The molecule has 3 rings (SSSR count). The van der Waals surface area contributed by atoms with Crippen LogP contribution in [-0.4, -0.2) is 61.2 Å². The molecule has 8 heteroatoms. The molecule has 8 nitrogen and oxygen atoms in total. The molecule has 2 aromatic rings. The molecule has 1 aliphatic heterocycles. The van der Waals surface area contributed by atoms with Crippen LogP contribution in [0, 0.1) is 0 Å². The van der Waals surface area contributed by atoms with Crippen LogP contribution in [0.15, 0.2) is 48.7 Å². The highest BCUT2D eigenvalue weighted by molar-refractivity contribution is 5.96. The molecule has 0 saturated carbocycles. The Kier molecular flexibility index (Phi) is 6.31. The van der Waals surface area contributed by atoms with Gasteiger partial charge in [0.25, 0.3) is 0 Å². The predicted octanol–water partition coefficient (Wildman–Crippen LogP) is 1.95. The third-order valence-corrected chi connectivity index (χ3v) is 4.63. The standard InChI is InChI=1S/C20H25N5O3/c1-15(19(26)23-16-8-9-18(28-2)21-14-16)22-20(27)25-12-10-24(11-13-25)17-6-4-3-5-7-17/h3-9,14-15H,10-13H2,1-2H3,(H,22,27)(H,23,26)/t15-/m1/s1. The fourth-order valence-electron chi connectivity index (χ4n) is 2.97. The number of carbonyl (C=O) groups excluding carboxylic acids is 2. The van der Waals surface area contributed by atoms with Gasteiger partial charge in [-0.2, -0.15) is 0 Å². The maximum Gasteiger partial charge on any atom is 0.318 e. The highest BCUT2D eigenvalue weighted by Gasteiger charge is 2.24. The van der Waals surface area contributed by atoms with Crippen molar-refractivity contribution in [2.45, 2.75) is 13.0 Å². The summed E-state index contributed by atoms with van der Waals surface area (Å²) in [6, 6.07) is 12.6. The lowest BCUT2D eigenvalue weighted by Gasteiger charge is -2.36. The fourth-order valence-corrected chi connectivity index (χ4v) is 2.97. The first-order valence-corrected chi connectivity index (χ1v) is 9.23. The van der Waals surface area contributed by atoms with Gasteiger partial charge in [-0.15, -0.1) is 0 Å². The van der Waals surface area contributed by atoms with E-state index in [0.29, 0.717) is 24.7 Å². The summed E-state index contributed by atoms with van der Waals surface area (Å²) in [4.78, 5) is 32.8. The van der Waals surface area contributed by atoms with E-state index >= 15 is 0 Å². The molecule has 0 aliphatic carbocycles. The van der Waals surface area contributed by atoms with E-state index in [1.54, 1.807) is 24.0 Å². The van der Waals surface area contributed by atoms with Crippen LogP contribution < -0.4 is 20.3 Å². The van der Waals surface area contributed by atoms with Crippen molar-refractivity contribution in [2.75, 3.05) is 43.5 Å². The van der Waals surface area contributed by atoms with Crippen LogP contribution in [0.2, 0.25) is 0 Å². The number of rotatable bonds is 5. The molecule has 2 heterocycles. The SMILES string of the molecule is COc1ccc(NC(=O)[C@@H](C)NC(=O)N2CCN(c3ccccc3)CC2)cn1. The third kappa shape index (κ3) is 4.91. The van der Waals surface area contributed by atoms with Crippen molar-refractivity contribution in [1.29, 1.82) is 0 Å². The Balaban J connectivity index is 1.46. The fraction of sp³-hybridized carbons (Fsp3) is 0.350. The molecule has 3 amide bonds. The van der Waals surface area contributed by atoms with Gasteiger partial charge in [-0.1, -0.05) is 18.2 Å². The van der Waals surface area contributed by atoms with E-state index in [-0.39, 0.29) is 11.9 Å². The van der Waals surface area contributed by atoms with Crippen LogP contribution in [0.4, 0.5) is 16.2 Å². The number of anilines is 2. The first-order valence-electron chi connectivity index (χ1n) is 9.23. The number of amides is 3. The summed E-state index contributed by atoms with van der Waals surface area (Å²) in [7, 11) is 1.53. The summed E-state index contributed by atoms with van der Waals surface area (Å²) in [5, 5.41) is 5.49. The molecule has 148 valence electrons. The van der Waals surface area contributed by atoms with E-state index in [4.69, 9.17) is 4.74 Å². The van der Waals surface area contributed by atoms with Gasteiger partial charge < -0.3 is 25.2 Å². The van der Waals surface area contributed by atoms with Crippen molar-refractivity contribution in [3.05, 3.63) is 48.7 Å². The number of hydrogen-bond donors (Lipinski definition) is 2. The lowest BCUT2D eigenvalue weighted by Crippen LogP contribution is -2.54. The zero-order valence-electron chi connectivity index (χ0n) is 16.1. The monoisotopic (exact) mass is 383 g/mol. The number of ether oxygens (including phenoxy) is 1. The smallest absolute Gasteiger partial charge is 0.318 e. The second-order valence-electron chi connectivity index (χ2n) is 6.56. The molecule has 2 N–H and O–H groups in total. The molecule has 1 atom stereocenters. The van der Waals surface area contributed by atoms with E-state index in [1.165, 1.54) is 13.3 Å². The second kappa shape index (κ2) is 9.07. The predicted molar refractivity (Wildman–Crippen MR) is 108 cm³/mol. The molecule has 28 heavy (non-hydrogen) atoms. The van der Waals surface area contributed by atoms with Crippen LogP contribution in [0.25, 0.3) is 0 Å². The zero-order valence-corrected chi connectivity index (χ0v) is 16.1. The lowest BCUT2D eigenvalue weighted by molar-refractivity contribution is -0.117. The van der Waals surface area contributed by atoms with E-state index in [9.17, 15) is 9.59 Å². The zero-order chi connectivity index (χ0) is 19.9. The average molecular weight is 383 g/mol. The Hall–Kier alpha value is -3.29. The number of aromatic nitrogens is 1. The van der Waals surface area contributed by atoms with Crippen LogP contribution in [-0.2, 0) is 4.79 Å². The number of pyridine rings is 1. The molecule has 0 unspecified atom stereocenters. The van der Waals surface area contributed by atoms with Crippen LogP contribution >= 0.6 is 0 Å². The average Bonchev–Trinajstić information content (AvgIpc) is 2.75. The number of nitrogens with zero attached hydrogens (tertiary/aromatic N) is 3. The molecule has 1 fully saturated rings. The van der Waals surface area contributed by atoms with Crippen LogP contribution in [0.5, 0.6) is 5.88 Å². The van der Waals surface area contributed by atoms with E-state index in [2.05, 4.69) is 32.7 Å². The summed E-state index contributed by atoms with van der Waals surface area (Å²) in [5.74, 6) is 0.164. The molecule has 0 radical (unpaired) electrons. The van der Waals surface area contributed by atoms with Gasteiger partial charge in [0, 0.05) is 37.9 Å². The summed E-state index contributed by atoms with van der Waals surface area (Å²) in [6.45, 7) is 4.39. The minimum Gasteiger partial charge on any atom is -0.481 e. The highest BCUT2D eigenvalue weighted by Crippen LogP contribution is 2.15. The van der Waals surface area contributed by atoms with Gasteiger partial charge in [0.15, 0.2) is 0 Å². The normalized spacial score (nSPS) is 14.9. The number of methoxy groups -OCH3 is 1. The topological polar surface area (TPSA) is 86.8 Å². The number of nitrogens with one attached hydrogen (secondary N) is 2. The van der Waals surface area contributed by atoms with Crippen LogP contribution in [0.1, 0.15) is 6.92 Å². The largest absolute Gasteiger partial charge is 0.481 e. The second-order valence-corrected chi connectivity index (χ2v) is 6.56.